The summed E-state index contributed by atoms with van der Waals surface area (Å²) in [7, 11) is 1.63. The molecule has 3 nitrogen and oxygen atoms in total. The predicted molar refractivity (Wildman–Crippen MR) is 79.9 cm³/mol. The molecule has 3 heteroatoms. The molecule has 1 saturated carbocycles. The fourth-order valence-corrected chi connectivity index (χ4v) is 3.18. The molecule has 1 N–H and O–H groups in total. The standard InChI is InChI=1S/C17H26O3/c1-12-7-13(2)9-16(8-12)20-11-17(18)14-5-4-6-15(10-14)19-3/h4-6,10,12-13,16-18H,7-9,11H2,1-3H3. The van der Waals surface area contributed by atoms with Crippen molar-refractivity contribution in [3.8, 4) is 5.75 Å². The molecule has 3 atom stereocenters. The van der Waals surface area contributed by atoms with Crippen LogP contribution in [0.1, 0.15) is 44.8 Å². The number of rotatable bonds is 5. The number of benzene rings is 1. The summed E-state index contributed by atoms with van der Waals surface area (Å²) in [4.78, 5) is 0. The molecule has 20 heavy (non-hydrogen) atoms. The Labute approximate surface area is 121 Å². The Morgan fingerprint density at radius 3 is 2.55 bits per heavy atom. The lowest BCUT2D eigenvalue weighted by Crippen LogP contribution is -2.27. The normalized spacial score (nSPS) is 28.1. The van der Waals surface area contributed by atoms with Crippen LogP contribution in [0.5, 0.6) is 5.75 Å². The Morgan fingerprint density at radius 2 is 1.90 bits per heavy atom. The molecule has 0 bridgehead atoms. The van der Waals surface area contributed by atoms with Gasteiger partial charge in [0.1, 0.15) is 11.9 Å². The molecule has 0 radical (unpaired) electrons. The molecule has 0 aliphatic heterocycles. The lowest BCUT2D eigenvalue weighted by atomic mass is 9.82. The molecule has 1 aromatic carbocycles. The zero-order valence-corrected chi connectivity index (χ0v) is 12.7. The van der Waals surface area contributed by atoms with Crippen molar-refractivity contribution in [2.75, 3.05) is 13.7 Å². The summed E-state index contributed by atoms with van der Waals surface area (Å²) in [6.45, 7) is 4.92. The Kier molecular flexibility index (Phi) is 5.44. The van der Waals surface area contributed by atoms with Crippen LogP contribution in [-0.4, -0.2) is 24.9 Å². The number of aliphatic hydroxyl groups excluding tert-OH is 1. The van der Waals surface area contributed by atoms with Gasteiger partial charge in [0.25, 0.3) is 0 Å². The van der Waals surface area contributed by atoms with E-state index in [0.29, 0.717) is 6.61 Å². The van der Waals surface area contributed by atoms with Gasteiger partial charge < -0.3 is 14.6 Å². The van der Waals surface area contributed by atoms with E-state index >= 15 is 0 Å². The van der Waals surface area contributed by atoms with E-state index in [1.165, 1.54) is 6.42 Å². The molecular weight excluding hydrogens is 252 g/mol. The smallest absolute Gasteiger partial charge is 0.119 e. The van der Waals surface area contributed by atoms with Crippen LogP contribution in [0, 0.1) is 11.8 Å². The van der Waals surface area contributed by atoms with Gasteiger partial charge in [0.2, 0.25) is 0 Å². The van der Waals surface area contributed by atoms with Crippen LogP contribution in [0.15, 0.2) is 24.3 Å². The molecule has 112 valence electrons. The summed E-state index contributed by atoms with van der Waals surface area (Å²) in [5.74, 6) is 2.21. The van der Waals surface area contributed by atoms with E-state index in [0.717, 1.165) is 36.0 Å². The molecule has 0 heterocycles. The van der Waals surface area contributed by atoms with Gasteiger partial charge in [-0.05, 0) is 48.8 Å². The van der Waals surface area contributed by atoms with Gasteiger partial charge in [-0.3, -0.25) is 0 Å². The van der Waals surface area contributed by atoms with Crippen LogP contribution in [-0.2, 0) is 4.74 Å². The van der Waals surface area contributed by atoms with Gasteiger partial charge >= 0.3 is 0 Å². The second kappa shape index (κ2) is 7.09. The lowest BCUT2D eigenvalue weighted by Gasteiger charge is -2.31. The third-order valence-corrected chi connectivity index (χ3v) is 4.10. The van der Waals surface area contributed by atoms with Gasteiger partial charge in [-0.2, -0.15) is 0 Å². The zero-order valence-electron chi connectivity index (χ0n) is 12.7. The van der Waals surface area contributed by atoms with Crippen molar-refractivity contribution in [1.82, 2.24) is 0 Å². The molecule has 0 aromatic heterocycles. The average molecular weight is 278 g/mol. The maximum absolute atomic E-state index is 10.2. The molecular formula is C17H26O3. The second-order valence-electron chi connectivity index (χ2n) is 6.17. The van der Waals surface area contributed by atoms with Crippen molar-refractivity contribution in [2.45, 2.75) is 45.3 Å². The van der Waals surface area contributed by atoms with Crippen LogP contribution >= 0.6 is 0 Å². The van der Waals surface area contributed by atoms with Gasteiger partial charge in [-0.25, -0.2) is 0 Å². The van der Waals surface area contributed by atoms with E-state index < -0.39 is 6.10 Å². The molecule has 1 aliphatic rings. The first-order valence-corrected chi connectivity index (χ1v) is 7.52. The van der Waals surface area contributed by atoms with Gasteiger partial charge in [0, 0.05) is 0 Å². The number of hydrogen-bond acceptors (Lipinski definition) is 3. The van der Waals surface area contributed by atoms with Gasteiger partial charge in [-0.1, -0.05) is 26.0 Å². The second-order valence-corrected chi connectivity index (χ2v) is 6.17. The molecule has 2 rings (SSSR count). The van der Waals surface area contributed by atoms with Crippen LogP contribution in [0.25, 0.3) is 0 Å². The molecule has 1 aromatic rings. The highest BCUT2D eigenvalue weighted by Crippen LogP contribution is 2.31. The molecule has 3 unspecified atom stereocenters. The van der Waals surface area contributed by atoms with E-state index in [9.17, 15) is 5.11 Å². The molecule has 0 spiro atoms. The first-order valence-electron chi connectivity index (χ1n) is 7.52. The Bertz CT molecular complexity index is 408. The minimum Gasteiger partial charge on any atom is -0.497 e. The van der Waals surface area contributed by atoms with E-state index in [4.69, 9.17) is 9.47 Å². The highest BCUT2D eigenvalue weighted by molar-refractivity contribution is 5.29. The van der Waals surface area contributed by atoms with Crippen molar-refractivity contribution in [2.24, 2.45) is 11.8 Å². The van der Waals surface area contributed by atoms with Crippen molar-refractivity contribution < 1.29 is 14.6 Å². The van der Waals surface area contributed by atoms with Crippen molar-refractivity contribution >= 4 is 0 Å². The van der Waals surface area contributed by atoms with E-state index in [-0.39, 0.29) is 6.10 Å². The monoisotopic (exact) mass is 278 g/mol. The molecule has 0 saturated heterocycles. The predicted octanol–water partition coefficient (Wildman–Crippen LogP) is 3.57. The highest BCUT2D eigenvalue weighted by atomic mass is 16.5. The number of hydrogen-bond donors (Lipinski definition) is 1. The summed E-state index contributed by atoms with van der Waals surface area (Å²) in [6, 6.07) is 7.53. The summed E-state index contributed by atoms with van der Waals surface area (Å²) < 4.78 is 11.1. The van der Waals surface area contributed by atoms with Crippen LogP contribution in [0.4, 0.5) is 0 Å². The summed E-state index contributed by atoms with van der Waals surface area (Å²) in [5, 5.41) is 10.2. The number of ether oxygens (including phenoxy) is 2. The minimum absolute atomic E-state index is 0.286. The molecule has 0 amide bonds. The third kappa shape index (κ3) is 4.22. The summed E-state index contributed by atoms with van der Waals surface area (Å²) >= 11 is 0. The average Bonchev–Trinajstić information content (AvgIpc) is 2.44. The SMILES string of the molecule is COc1cccc(C(O)COC2CC(C)CC(C)C2)c1. The quantitative estimate of drug-likeness (QED) is 0.895. The maximum atomic E-state index is 10.2. The van der Waals surface area contributed by atoms with E-state index in [1.807, 2.05) is 24.3 Å². The fourth-order valence-electron chi connectivity index (χ4n) is 3.18. The van der Waals surface area contributed by atoms with Crippen molar-refractivity contribution in [3.63, 3.8) is 0 Å². The lowest BCUT2D eigenvalue weighted by molar-refractivity contribution is -0.0412. The molecule has 1 fully saturated rings. The Balaban J connectivity index is 1.86. The van der Waals surface area contributed by atoms with Crippen molar-refractivity contribution in [1.29, 1.82) is 0 Å². The maximum Gasteiger partial charge on any atom is 0.119 e. The summed E-state index contributed by atoms with van der Waals surface area (Å²) in [6.07, 6.45) is 3.20. The van der Waals surface area contributed by atoms with Crippen molar-refractivity contribution in [3.05, 3.63) is 29.8 Å². The zero-order chi connectivity index (χ0) is 14.5. The van der Waals surface area contributed by atoms with Gasteiger partial charge in [-0.15, -0.1) is 0 Å². The van der Waals surface area contributed by atoms with Crippen LogP contribution in [0.2, 0.25) is 0 Å². The number of aliphatic hydroxyl groups is 1. The van der Waals surface area contributed by atoms with Gasteiger partial charge in [0.05, 0.1) is 19.8 Å². The first kappa shape index (κ1) is 15.3. The third-order valence-electron chi connectivity index (χ3n) is 4.10. The largest absolute Gasteiger partial charge is 0.497 e. The Hall–Kier alpha value is -1.06. The molecule has 1 aliphatic carbocycles. The topological polar surface area (TPSA) is 38.7 Å². The Morgan fingerprint density at radius 1 is 1.20 bits per heavy atom. The van der Waals surface area contributed by atoms with E-state index in [1.54, 1.807) is 7.11 Å². The highest BCUT2D eigenvalue weighted by Gasteiger charge is 2.25. The van der Waals surface area contributed by atoms with Crippen LogP contribution < -0.4 is 4.74 Å². The van der Waals surface area contributed by atoms with E-state index in [2.05, 4.69) is 13.8 Å². The van der Waals surface area contributed by atoms with Crippen LogP contribution in [0.3, 0.4) is 0 Å². The first-order chi connectivity index (χ1) is 9.58. The summed E-state index contributed by atoms with van der Waals surface area (Å²) in [5.41, 5.74) is 0.848. The minimum atomic E-state index is -0.586. The number of methoxy groups -OCH3 is 1. The fraction of sp³-hybridized carbons (Fsp3) is 0.647. The van der Waals surface area contributed by atoms with Gasteiger partial charge in [0.15, 0.2) is 0 Å².